The van der Waals surface area contributed by atoms with Gasteiger partial charge in [-0.25, -0.2) is 4.39 Å². The van der Waals surface area contributed by atoms with Crippen LogP contribution in [0.3, 0.4) is 0 Å². The SMILES string of the molecule is CCCCOC(=O)CCC(=O)c1ccc(F)cc1Br. The van der Waals surface area contributed by atoms with Gasteiger partial charge in [-0.1, -0.05) is 13.3 Å². The average molecular weight is 331 g/mol. The molecule has 0 bridgehead atoms. The summed E-state index contributed by atoms with van der Waals surface area (Å²) in [7, 11) is 0. The lowest BCUT2D eigenvalue weighted by molar-refractivity contribution is -0.143. The highest BCUT2D eigenvalue weighted by atomic mass is 79.9. The van der Waals surface area contributed by atoms with E-state index in [2.05, 4.69) is 15.9 Å². The maximum absolute atomic E-state index is 12.9. The first-order valence-corrected chi connectivity index (χ1v) is 6.97. The number of esters is 1. The molecule has 3 nitrogen and oxygen atoms in total. The molecule has 0 saturated heterocycles. The monoisotopic (exact) mass is 330 g/mol. The summed E-state index contributed by atoms with van der Waals surface area (Å²) in [5.74, 6) is -0.998. The number of ketones is 1. The Morgan fingerprint density at radius 2 is 2.05 bits per heavy atom. The van der Waals surface area contributed by atoms with Gasteiger partial charge in [0.05, 0.1) is 13.0 Å². The number of benzene rings is 1. The molecule has 0 spiro atoms. The molecule has 104 valence electrons. The van der Waals surface area contributed by atoms with Gasteiger partial charge in [0.2, 0.25) is 0 Å². The molecule has 0 N–H and O–H groups in total. The molecule has 0 aliphatic rings. The van der Waals surface area contributed by atoms with Gasteiger partial charge >= 0.3 is 5.97 Å². The second-order valence-corrected chi connectivity index (χ2v) is 4.98. The van der Waals surface area contributed by atoms with Crippen LogP contribution < -0.4 is 0 Å². The summed E-state index contributed by atoms with van der Waals surface area (Å²) in [6.07, 6.45) is 1.89. The normalized spacial score (nSPS) is 10.3. The Labute approximate surface area is 120 Å². The third kappa shape index (κ3) is 5.51. The summed E-state index contributed by atoms with van der Waals surface area (Å²) in [5.41, 5.74) is 0.378. The minimum Gasteiger partial charge on any atom is -0.466 e. The van der Waals surface area contributed by atoms with E-state index in [0.717, 1.165) is 12.8 Å². The molecule has 0 heterocycles. The molecule has 19 heavy (non-hydrogen) atoms. The minimum absolute atomic E-state index is 0.0480. The highest BCUT2D eigenvalue weighted by molar-refractivity contribution is 9.10. The van der Waals surface area contributed by atoms with E-state index in [1.807, 2.05) is 6.92 Å². The molecule has 5 heteroatoms. The Kier molecular flexibility index (Phi) is 6.70. The van der Waals surface area contributed by atoms with Crippen molar-refractivity contribution in [3.8, 4) is 0 Å². The fourth-order valence-electron chi connectivity index (χ4n) is 1.47. The summed E-state index contributed by atoms with van der Waals surface area (Å²) in [6, 6.07) is 3.86. The number of ether oxygens (including phenoxy) is 1. The lowest BCUT2D eigenvalue weighted by Gasteiger charge is -2.05. The lowest BCUT2D eigenvalue weighted by atomic mass is 10.1. The van der Waals surface area contributed by atoms with Crippen molar-refractivity contribution in [3.05, 3.63) is 34.1 Å². The van der Waals surface area contributed by atoms with Gasteiger partial charge in [0.15, 0.2) is 5.78 Å². The van der Waals surface area contributed by atoms with E-state index in [4.69, 9.17) is 4.74 Å². The first-order chi connectivity index (χ1) is 9.04. The van der Waals surface area contributed by atoms with Crippen LogP contribution in [-0.4, -0.2) is 18.4 Å². The smallest absolute Gasteiger partial charge is 0.306 e. The fraction of sp³-hybridized carbons (Fsp3) is 0.429. The second-order valence-electron chi connectivity index (χ2n) is 4.12. The average Bonchev–Trinajstić information content (AvgIpc) is 2.36. The molecule has 0 aromatic heterocycles. The predicted octanol–water partition coefficient (Wildman–Crippen LogP) is 3.89. The first kappa shape index (κ1) is 15.8. The van der Waals surface area contributed by atoms with Crippen LogP contribution in [0.5, 0.6) is 0 Å². The van der Waals surface area contributed by atoms with Gasteiger partial charge in [-0.15, -0.1) is 0 Å². The van der Waals surface area contributed by atoms with Gasteiger partial charge in [0, 0.05) is 16.5 Å². The third-order valence-electron chi connectivity index (χ3n) is 2.55. The van der Waals surface area contributed by atoms with Crippen LogP contribution in [0.25, 0.3) is 0 Å². The number of carbonyl (C=O) groups is 2. The van der Waals surface area contributed by atoms with Crippen molar-refractivity contribution < 1.29 is 18.7 Å². The Morgan fingerprint density at radius 3 is 2.68 bits per heavy atom. The van der Waals surface area contributed by atoms with Gasteiger partial charge in [-0.3, -0.25) is 9.59 Å². The maximum Gasteiger partial charge on any atom is 0.306 e. The third-order valence-corrected chi connectivity index (χ3v) is 3.20. The van der Waals surface area contributed by atoms with Gasteiger partial charge in [-0.05, 0) is 40.5 Å². The van der Waals surface area contributed by atoms with Crippen molar-refractivity contribution in [2.24, 2.45) is 0 Å². The summed E-state index contributed by atoms with van der Waals surface area (Å²) in [4.78, 5) is 23.2. The number of carbonyl (C=O) groups excluding carboxylic acids is 2. The Bertz CT molecular complexity index is 460. The van der Waals surface area contributed by atoms with Crippen molar-refractivity contribution in [2.75, 3.05) is 6.61 Å². The molecule has 1 aromatic carbocycles. The van der Waals surface area contributed by atoms with Crippen LogP contribution in [0.2, 0.25) is 0 Å². The lowest BCUT2D eigenvalue weighted by Crippen LogP contribution is -2.09. The standard InChI is InChI=1S/C14H16BrFO3/c1-2-3-8-19-14(18)7-6-13(17)11-5-4-10(16)9-12(11)15/h4-5,9H,2-3,6-8H2,1H3. The fourth-order valence-corrected chi connectivity index (χ4v) is 2.04. The molecule has 0 saturated carbocycles. The number of Topliss-reactive ketones (excluding diaryl/α,β-unsaturated/α-hetero) is 1. The molecule has 0 aliphatic carbocycles. The summed E-state index contributed by atoms with van der Waals surface area (Å²) in [5, 5.41) is 0. The number of hydrogen-bond donors (Lipinski definition) is 0. The summed E-state index contributed by atoms with van der Waals surface area (Å²) >= 11 is 3.13. The summed E-state index contributed by atoms with van der Waals surface area (Å²) in [6.45, 7) is 2.40. The minimum atomic E-state index is -0.414. The Hall–Kier alpha value is -1.23. The van der Waals surface area contributed by atoms with E-state index in [9.17, 15) is 14.0 Å². The van der Waals surface area contributed by atoms with E-state index in [1.165, 1.54) is 18.2 Å². The molecule has 0 atom stereocenters. The van der Waals surface area contributed by atoms with E-state index >= 15 is 0 Å². The van der Waals surface area contributed by atoms with Crippen LogP contribution in [0.1, 0.15) is 43.0 Å². The van der Waals surface area contributed by atoms with Gasteiger partial charge in [0.25, 0.3) is 0 Å². The van der Waals surface area contributed by atoms with Crippen molar-refractivity contribution in [1.82, 2.24) is 0 Å². The van der Waals surface area contributed by atoms with Crippen molar-refractivity contribution >= 4 is 27.7 Å². The maximum atomic E-state index is 12.9. The van der Waals surface area contributed by atoms with E-state index in [0.29, 0.717) is 16.6 Å². The molecule has 1 aromatic rings. The molecule has 0 fully saturated rings. The highest BCUT2D eigenvalue weighted by Crippen LogP contribution is 2.20. The van der Waals surface area contributed by atoms with Crippen LogP contribution in [0.15, 0.2) is 22.7 Å². The van der Waals surface area contributed by atoms with Crippen molar-refractivity contribution in [1.29, 1.82) is 0 Å². The van der Waals surface area contributed by atoms with Crippen molar-refractivity contribution in [3.63, 3.8) is 0 Å². The van der Waals surface area contributed by atoms with Crippen LogP contribution in [0, 0.1) is 5.82 Å². The van der Waals surface area contributed by atoms with E-state index in [-0.39, 0.29) is 24.6 Å². The Balaban J connectivity index is 2.45. The second kappa shape index (κ2) is 8.04. The van der Waals surface area contributed by atoms with E-state index < -0.39 is 5.82 Å². The zero-order valence-electron chi connectivity index (χ0n) is 10.7. The zero-order chi connectivity index (χ0) is 14.3. The van der Waals surface area contributed by atoms with E-state index in [1.54, 1.807) is 0 Å². The topological polar surface area (TPSA) is 43.4 Å². The molecular weight excluding hydrogens is 315 g/mol. The van der Waals surface area contributed by atoms with Crippen LogP contribution >= 0.6 is 15.9 Å². The van der Waals surface area contributed by atoms with Crippen LogP contribution in [0.4, 0.5) is 4.39 Å². The van der Waals surface area contributed by atoms with Crippen molar-refractivity contribution in [2.45, 2.75) is 32.6 Å². The highest BCUT2D eigenvalue weighted by Gasteiger charge is 2.13. The molecule has 1 rings (SSSR count). The number of rotatable bonds is 7. The molecule has 0 aliphatic heterocycles. The molecule has 0 amide bonds. The largest absolute Gasteiger partial charge is 0.466 e. The molecular formula is C14H16BrFO3. The number of unbranched alkanes of at least 4 members (excludes halogenated alkanes) is 1. The van der Waals surface area contributed by atoms with Gasteiger partial charge < -0.3 is 4.74 Å². The summed E-state index contributed by atoms with van der Waals surface area (Å²) < 4.78 is 18.2. The van der Waals surface area contributed by atoms with Gasteiger partial charge in [-0.2, -0.15) is 0 Å². The zero-order valence-corrected chi connectivity index (χ0v) is 12.3. The number of hydrogen-bond acceptors (Lipinski definition) is 3. The quantitative estimate of drug-likeness (QED) is 0.432. The van der Waals surface area contributed by atoms with Crippen LogP contribution in [-0.2, 0) is 9.53 Å². The Morgan fingerprint density at radius 1 is 1.32 bits per heavy atom. The molecule has 0 radical (unpaired) electrons. The predicted molar refractivity (Wildman–Crippen MR) is 73.5 cm³/mol. The number of halogens is 2. The molecule has 0 unspecified atom stereocenters. The first-order valence-electron chi connectivity index (χ1n) is 6.18. The van der Waals surface area contributed by atoms with Gasteiger partial charge in [0.1, 0.15) is 5.82 Å².